The zero-order valence-electron chi connectivity index (χ0n) is 9.27. The van der Waals surface area contributed by atoms with Gasteiger partial charge in [-0.3, -0.25) is 4.79 Å². The largest absolute Gasteiger partial charge is 0.344 e. The van der Waals surface area contributed by atoms with E-state index in [0.717, 1.165) is 28.1 Å². The molecule has 0 aliphatic rings. The fourth-order valence-corrected chi connectivity index (χ4v) is 2.27. The smallest absolute Gasteiger partial charge is 0.150 e. The average Bonchev–Trinajstić information content (AvgIpc) is 2.62. The van der Waals surface area contributed by atoms with Gasteiger partial charge in [-0.25, -0.2) is 4.39 Å². The quantitative estimate of drug-likeness (QED) is 0.585. The molecule has 0 saturated carbocycles. The maximum absolute atomic E-state index is 13.3. The molecule has 3 aromatic rings. The minimum atomic E-state index is -0.246. The average molecular weight is 227 g/mol. The maximum atomic E-state index is 13.3. The summed E-state index contributed by atoms with van der Waals surface area (Å²) in [5.41, 5.74) is 2.53. The lowest BCUT2D eigenvalue weighted by Crippen LogP contribution is -1.87. The molecule has 1 aromatic heterocycles. The number of rotatable bonds is 1. The molecule has 0 bridgehead atoms. The van der Waals surface area contributed by atoms with Crippen LogP contribution in [0.15, 0.2) is 36.4 Å². The number of aryl methyl sites for hydroxylation is 1. The van der Waals surface area contributed by atoms with E-state index in [1.165, 1.54) is 12.1 Å². The predicted octanol–water partition coefficient (Wildman–Crippen LogP) is 3.28. The van der Waals surface area contributed by atoms with E-state index < -0.39 is 0 Å². The number of carbonyl (C=O) groups is 1. The van der Waals surface area contributed by atoms with Crippen molar-refractivity contribution >= 4 is 28.1 Å². The molecule has 17 heavy (non-hydrogen) atoms. The summed E-state index contributed by atoms with van der Waals surface area (Å²) in [4.78, 5) is 10.8. The van der Waals surface area contributed by atoms with Crippen molar-refractivity contribution in [3.8, 4) is 0 Å². The van der Waals surface area contributed by atoms with Crippen LogP contribution in [0.25, 0.3) is 21.8 Å². The topological polar surface area (TPSA) is 22.0 Å². The second-order valence-electron chi connectivity index (χ2n) is 4.11. The molecule has 0 radical (unpaired) electrons. The monoisotopic (exact) mass is 227 g/mol. The van der Waals surface area contributed by atoms with Crippen molar-refractivity contribution in [2.75, 3.05) is 0 Å². The number of benzene rings is 2. The summed E-state index contributed by atoms with van der Waals surface area (Å²) in [5, 5.41) is 1.84. The molecule has 0 aliphatic carbocycles. The van der Waals surface area contributed by atoms with E-state index >= 15 is 0 Å². The first-order valence-electron chi connectivity index (χ1n) is 5.33. The third-order valence-corrected chi connectivity index (χ3v) is 3.13. The van der Waals surface area contributed by atoms with Crippen molar-refractivity contribution < 1.29 is 9.18 Å². The number of fused-ring (bicyclic) bond motifs is 3. The molecule has 0 amide bonds. The zero-order chi connectivity index (χ0) is 12.0. The molecule has 0 unspecified atom stereocenters. The van der Waals surface area contributed by atoms with Crippen molar-refractivity contribution in [2.45, 2.75) is 0 Å². The molecule has 3 rings (SSSR count). The first kappa shape index (κ1) is 10.0. The number of aromatic nitrogens is 1. The third-order valence-electron chi connectivity index (χ3n) is 3.13. The van der Waals surface area contributed by atoms with E-state index in [1.807, 2.05) is 23.7 Å². The van der Waals surface area contributed by atoms with Crippen LogP contribution in [0.1, 0.15) is 10.4 Å². The van der Waals surface area contributed by atoms with Gasteiger partial charge < -0.3 is 4.57 Å². The number of nitrogens with zero attached hydrogens (tertiary/aromatic N) is 1. The predicted molar refractivity (Wildman–Crippen MR) is 65.8 cm³/mol. The molecule has 0 saturated heterocycles. The summed E-state index contributed by atoms with van der Waals surface area (Å²) in [6.07, 6.45) is 0.817. The van der Waals surface area contributed by atoms with E-state index in [4.69, 9.17) is 0 Å². The highest BCUT2D eigenvalue weighted by molar-refractivity contribution is 6.08. The number of carbonyl (C=O) groups excluding carboxylic acids is 1. The van der Waals surface area contributed by atoms with Gasteiger partial charge in [0.25, 0.3) is 0 Å². The lowest BCUT2D eigenvalue weighted by Gasteiger charge is -1.97. The summed E-state index contributed by atoms with van der Waals surface area (Å²) in [7, 11) is 1.91. The van der Waals surface area contributed by atoms with Crippen LogP contribution < -0.4 is 0 Å². The molecule has 0 spiro atoms. The van der Waals surface area contributed by atoms with Gasteiger partial charge in [0.15, 0.2) is 0 Å². The zero-order valence-corrected chi connectivity index (χ0v) is 9.27. The normalized spacial score (nSPS) is 11.2. The van der Waals surface area contributed by atoms with Crippen LogP contribution in [-0.2, 0) is 7.05 Å². The summed E-state index contributed by atoms with van der Waals surface area (Å²) < 4.78 is 15.2. The Morgan fingerprint density at radius 2 is 1.88 bits per heavy atom. The molecular formula is C14H10FNO. The van der Waals surface area contributed by atoms with Crippen LogP contribution >= 0.6 is 0 Å². The van der Waals surface area contributed by atoms with Gasteiger partial charge in [0.1, 0.15) is 12.1 Å². The number of hydrogen-bond acceptors (Lipinski definition) is 1. The highest BCUT2D eigenvalue weighted by atomic mass is 19.1. The highest BCUT2D eigenvalue weighted by Crippen LogP contribution is 2.28. The number of halogens is 1. The molecule has 2 nitrogen and oxygen atoms in total. The Balaban J connectivity index is 2.53. The van der Waals surface area contributed by atoms with Crippen LogP contribution in [-0.4, -0.2) is 10.9 Å². The summed E-state index contributed by atoms with van der Waals surface area (Å²) in [6, 6.07) is 10.2. The van der Waals surface area contributed by atoms with Crippen molar-refractivity contribution in [1.29, 1.82) is 0 Å². The van der Waals surface area contributed by atoms with Crippen molar-refractivity contribution in [1.82, 2.24) is 4.57 Å². The van der Waals surface area contributed by atoms with Gasteiger partial charge in [-0.2, -0.15) is 0 Å². The van der Waals surface area contributed by atoms with Crippen LogP contribution in [0.3, 0.4) is 0 Å². The molecule has 0 aliphatic heterocycles. The lowest BCUT2D eigenvalue weighted by atomic mass is 10.1. The molecule has 0 fully saturated rings. The van der Waals surface area contributed by atoms with Crippen LogP contribution in [0, 0.1) is 5.82 Å². The minimum Gasteiger partial charge on any atom is -0.344 e. The van der Waals surface area contributed by atoms with Crippen molar-refractivity contribution in [3.63, 3.8) is 0 Å². The van der Waals surface area contributed by atoms with Gasteiger partial charge in [0.05, 0.1) is 0 Å². The second kappa shape index (κ2) is 3.42. The number of hydrogen-bond donors (Lipinski definition) is 0. The summed E-state index contributed by atoms with van der Waals surface area (Å²) in [5.74, 6) is -0.246. The Morgan fingerprint density at radius 1 is 1.06 bits per heavy atom. The van der Waals surface area contributed by atoms with Crippen LogP contribution in [0.5, 0.6) is 0 Å². The highest BCUT2D eigenvalue weighted by Gasteiger charge is 2.09. The van der Waals surface area contributed by atoms with Gasteiger partial charge in [0.2, 0.25) is 0 Å². The van der Waals surface area contributed by atoms with E-state index in [0.29, 0.717) is 5.56 Å². The second-order valence-corrected chi connectivity index (χ2v) is 4.11. The Morgan fingerprint density at radius 3 is 2.65 bits per heavy atom. The van der Waals surface area contributed by atoms with Gasteiger partial charge in [-0.05, 0) is 24.3 Å². The van der Waals surface area contributed by atoms with Gasteiger partial charge >= 0.3 is 0 Å². The van der Waals surface area contributed by atoms with Gasteiger partial charge in [-0.15, -0.1) is 0 Å². The fraction of sp³-hybridized carbons (Fsp3) is 0.0714. The molecule has 84 valence electrons. The minimum absolute atomic E-state index is 0.246. The Bertz CT molecular complexity index is 743. The Hall–Kier alpha value is -2.16. The van der Waals surface area contributed by atoms with E-state index in [2.05, 4.69) is 0 Å². The lowest BCUT2D eigenvalue weighted by molar-refractivity contribution is 0.112. The van der Waals surface area contributed by atoms with Crippen molar-refractivity contribution in [2.24, 2.45) is 7.05 Å². The number of aldehydes is 1. The Labute approximate surface area is 97.3 Å². The van der Waals surface area contributed by atoms with Gasteiger partial charge in [-0.1, -0.05) is 12.1 Å². The van der Waals surface area contributed by atoms with Gasteiger partial charge in [0, 0.05) is 34.4 Å². The molecule has 3 heteroatoms. The third kappa shape index (κ3) is 1.35. The van der Waals surface area contributed by atoms with E-state index in [1.54, 1.807) is 12.1 Å². The fourth-order valence-electron chi connectivity index (χ4n) is 2.27. The van der Waals surface area contributed by atoms with Crippen LogP contribution in [0.2, 0.25) is 0 Å². The van der Waals surface area contributed by atoms with Crippen molar-refractivity contribution in [3.05, 3.63) is 47.8 Å². The SMILES string of the molecule is Cn1c2ccc(F)cc2c2ccc(C=O)cc21. The van der Waals surface area contributed by atoms with E-state index in [9.17, 15) is 9.18 Å². The first-order valence-corrected chi connectivity index (χ1v) is 5.33. The molecule has 0 atom stereocenters. The molecule has 1 heterocycles. The summed E-state index contributed by atoms with van der Waals surface area (Å²) in [6.45, 7) is 0. The summed E-state index contributed by atoms with van der Waals surface area (Å²) >= 11 is 0. The molecule has 0 N–H and O–H groups in total. The first-order chi connectivity index (χ1) is 8.20. The standard InChI is InChI=1S/C14H10FNO/c1-16-13-5-3-10(15)7-12(13)11-4-2-9(8-17)6-14(11)16/h2-8H,1H3. The molecule has 2 aromatic carbocycles. The maximum Gasteiger partial charge on any atom is 0.150 e. The van der Waals surface area contributed by atoms with Crippen LogP contribution in [0.4, 0.5) is 4.39 Å². The molecular weight excluding hydrogens is 217 g/mol. The Kier molecular flexibility index (Phi) is 2.01. The van der Waals surface area contributed by atoms with E-state index in [-0.39, 0.29) is 5.82 Å².